The highest BCUT2D eigenvalue weighted by Crippen LogP contribution is 2.02. The lowest BCUT2D eigenvalue weighted by Gasteiger charge is -2.14. The molecular formula is C27H54N6O8. The monoisotopic (exact) mass is 590 g/mol. The van der Waals surface area contributed by atoms with Gasteiger partial charge in [0.1, 0.15) is 0 Å². The minimum absolute atomic E-state index is 0.0308. The highest BCUT2D eigenvalue weighted by Gasteiger charge is 2.12. The van der Waals surface area contributed by atoms with Gasteiger partial charge in [-0.05, 0) is 45.1 Å². The van der Waals surface area contributed by atoms with Crippen LogP contribution in [0.2, 0.25) is 0 Å². The van der Waals surface area contributed by atoms with Gasteiger partial charge in [0, 0.05) is 65.8 Å². The largest absolute Gasteiger partial charge is 0.356 e. The van der Waals surface area contributed by atoms with Crippen LogP contribution in [-0.4, -0.2) is 100 Å². The van der Waals surface area contributed by atoms with Crippen LogP contribution < -0.4 is 16.4 Å². The number of hydroxylamine groups is 6. The van der Waals surface area contributed by atoms with Crippen molar-refractivity contribution >= 4 is 29.5 Å². The molecule has 0 aliphatic heterocycles. The summed E-state index contributed by atoms with van der Waals surface area (Å²) in [5.41, 5.74) is 5.37. The van der Waals surface area contributed by atoms with Crippen LogP contribution in [-0.2, 0) is 24.0 Å². The summed E-state index contributed by atoms with van der Waals surface area (Å²) in [5.74, 6) is -1.67. The molecule has 0 bridgehead atoms. The number of hydrogen-bond donors (Lipinski definition) is 6. The Morgan fingerprint density at radius 1 is 0.634 bits per heavy atom. The fourth-order valence-electron chi connectivity index (χ4n) is 3.34. The maximum absolute atomic E-state index is 11.6. The number of carbonyl (C=O) groups is 5. The van der Waals surface area contributed by atoms with E-state index in [4.69, 9.17) is 16.1 Å². The number of nitrogens with one attached hydrogen (secondary N) is 2. The standard InChI is InChI=1S/C15H31N3O3.C12H23N3O5/c1-2-3-4-7-12-17-14(19)9-10-15(20)18(21)13-8-5-6-11-16;1-10(16)15(20)9-5-3-4-8-13-11(17)6-7-12(18)14(2)19/h21H,2-13,16H2,1H3,(H,17,19);19-20H,3-9H2,1-2H3,(H,13,17). The third-order valence-electron chi connectivity index (χ3n) is 5.94. The smallest absolute Gasteiger partial charge is 0.246 e. The van der Waals surface area contributed by atoms with Crippen molar-refractivity contribution in [2.24, 2.45) is 5.73 Å². The van der Waals surface area contributed by atoms with Crippen molar-refractivity contribution in [3.8, 4) is 0 Å². The van der Waals surface area contributed by atoms with Gasteiger partial charge in [-0.3, -0.25) is 39.6 Å². The highest BCUT2D eigenvalue weighted by atomic mass is 16.5. The first-order chi connectivity index (χ1) is 19.5. The van der Waals surface area contributed by atoms with Gasteiger partial charge in [-0.15, -0.1) is 0 Å². The molecule has 5 amide bonds. The third kappa shape index (κ3) is 27.1. The van der Waals surface area contributed by atoms with Crippen LogP contribution in [0.3, 0.4) is 0 Å². The normalized spacial score (nSPS) is 10.2. The van der Waals surface area contributed by atoms with Crippen LogP contribution in [0.5, 0.6) is 0 Å². The van der Waals surface area contributed by atoms with Crippen molar-refractivity contribution in [1.82, 2.24) is 25.8 Å². The van der Waals surface area contributed by atoms with E-state index in [-0.39, 0.29) is 44.0 Å². The van der Waals surface area contributed by atoms with Crippen molar-refractivity contribution in [2.45, 2.75) is 104 Å². The summed E-state index contributed by atoms with van der Waals surface area (Å²) in [7, 11) is 1.21. The molecule has 0 aliphatic carbocycles. The zero-order valence-corrected chi connectivity index (χ0v) is 25.2. The SMILES string of the molecule is CC(=O)N(O)CCCCCNC(=O)CCC(=O)N(C)O.CCCCCCNC(=O)CCC(=O)N(O)CCCCCN. The molecule has 0 saturated carbocycles. The van der Waals surface area contributed by atoms with E-state index in [1.807, 2.05) is 0 Å². The Labute approximate surface area is 244 Å². The van der Waals surface area contributed by atoms with Gasteiger partial charge in [-0.1, -0.05) is 32.6 Å². The van der Waals surface area contributed by atoms with E-state index >= 15 is 0 Å². The molecule has 0 aliphatic rings. The lowest BCUT2D eigenvalue weighted by Crippen LogP contribution is -2.31. The topological polar surface area (TPSA) is 206 Å². The Bertz CT molecular complexity index is 739. The van der Waals surface area contributed by atoms with Gasteiger partial charge in [0.2, 0.25) is 29.5 Å². The Hall–Kier alpha value is -2.81. The Balaban J connectivity index is 0. The number of rotatable bonds is 22. The van der Waals surface area contributed by atoms with E-state index in [2.05, 4.69) is 17.6 Å². The summed E-state index contributed by atoms with van der Waals surface area (Å²) < 4.78 is 0. The predicted molar refractivity (Wildman–Crippen MR) is 153 cm³/mol. The number of hydrogen-bond acceptors (Lipinski definition) is 9. The van der Waals surface area contributed by atoms with Gasteiger partial charge in [-0.2, -0.15) is 0 Å². The molecule has 0 radical (unpaired) electrons. The second kappa shape index (κ2) is 27.4. The number of amides is 5. The number of nitrogens with two attached hydrogens (primary N) is 1. The van der Waals surface area contributed by atoms with Crippen LogP contribution in [0.4, 0.5) is 0 Å². The average molecular weight is 591 g/mol. The van der Waals surface area contributed by atoms with Gasteiger partial charge in [0.05, 0.1) is 0 Å². The van der Waals surface area contributed by atoms with Crippen LogP contribution in [0.25, 0.3) is 0 Å². The molecule has 0 aromatic rings. The molecule has 14 nitrogen and oxygen atoms in total. The fraction of sp³-hybridized carbons (Fsp3) is 0.815. The molecule has 0 saturated heterocycles. The lowest BCUT2D eigenvalue weighted by atomic mass is 10.2. The van der Waals surface area contributed by atoms with Gasteiger partial charge in [0.25, 0.3) is 0 Å². The maximum atomic E-state index is 11.6. The van der Waals surface area contributed by atoms with Crippen molar-refractivity contribution in [3.63, 3.8) is 0 Å². The van der Waals surface area contributed by atoms with Crippen LogP contribution in [0.15, 0.2) is 0 Å². The Kier molecular flexibility index (Phi) is 26.9. The summed E-state index contributed by atoms with van der Waals surface area (Å²) in [6, 6.07) is 0. The quantitative estimate of drug-likeness (QED) is 0.0618. The third-order valence-corrected chi connectivity index (χ3v) is 5.94. The van der Waals surface area contributed by atoms with Gasteiger partial charge < -0.3 is 16.4 Å². The van der Waals surface area contributed by atoms with Crippen LogP contribution in [0.1, 0.15) is 104 Å². The first-order valence-electron chi connectivity index (χ1n) is 14.6. The molecule has 7 N–H and O–H groups in total. The fourth-order valence-corrected chi connectivity index (χ4v) is 3.34. The summed E-state index contributed by atoms with van der Waals surface area (Å²) in [4.78, 5) is 56.2. The van der Waals surface area contributed by atoms with Crippen molar-refractivity contribution in [3.05, 3.63) is 0 Å². The van der Waals surface area contributed by atoms with E-state index < -0.39 is 17.7 Å². The average Bonchev–Trinajstić information content (AvgIpc) is 2.94. The highest BCUT2D eigenvalue weighted by molar-refractivity contribution is 5.83. The van der Waals surface area contributed by atoms with Crippen molar-refractivity contribution < 1.29 is 39.6 Å². The maximum Gasteiger partial charge on any atom is 0.246 e. The molecule has 0 unspecified atom stereocenters. The van der Waals surface area contributed by atoms with Gasteiger partial charge in [0.15, 0.2) is 0 Å². The van der Waals surface area contributed by atoms with E-state index in [9.17, 15) is 29.2 Å². The van der Waals surface area contributed by atoms with Crippen molar-refractivity contribution in [2.75, 3.05) is 39.8 Å². The van der Waals surface area contributed by atoms with E-state index in [0.717, 1.165) is 44.9 Å². The van der Waals surface area contributed by atoms with Gasteiger partial charge >= 0.3 is 0 Å². The molecule has 0 spiro atoms. The second-order valence-electron chi connectivity index (χ2n) is 9.75. The molecule has 0 atom stereocenters. The number of carbonyl (C=O) groups excluding carboxylic acids is 5. The first kappa shape index (κ1) is 40.3. The molecule has 0 aromatic carbocycles. The summed E-state index contributed by atoms with van der Waals surface area (Å²) in [6.07, 6.45) is 9.27. The van der Waals surface area contributed by atoms with Gasteiger partial charge in [-0.25, -0.2) is 15.2 Å². The molecule has 14 heteroatoms. The molecule has 0 rings (SSSR count). The summed E-state index contributed by atoms with van der Waals surface area (Å²) >= 11 is 0. The number of nitrogens with zero attached hydrogens (tertiary/aromatic N) is 3. The van der Waals surface area contributed by atoms with Crippen LogP contribution >= 0.6 is 0 Å². The zero-order valence-electron chi connectivity index (χ0n) is 25.2. The van der Waals surface area contributed by atoms with E-state index in [1.165, 1.54) is 26.8 Å². The lowest BCUT2D eigenvalue weighted by molar-refractivity contribution is -0.166. The molecule has 240 valence electrons. The summed E-state index contributed by atoms with van der Waals surface area (Å²) in [5, 5.41) is 34.7. The molecule has 0 aromatic heterocycles. The minimum Gasteiger partial charge on any atom is -0.356 e. The minimum atomic E-state index is -0.507. The van der Waals surface area contributed by atoms with Crippen molar-refractivity contribution in [1.29, 1.82) is 0 Å². The number of unbranched alkanes of at least 4 members (excludes halogenated alkanes) is 7. The van der Waals surface area contributed by atoms with E-state index in [1.54, 1.807) is 0 Å². The van der Waals surface area contributed by atoms with E-state index in [0.29, 0.717) is 47.8 Å². The second-order valence-corrected chi connectivity index (χ2v) is 9.75. The summed E-state index contributed by atoms with van der Waals surface area (Å²) in [6.45, 7) is 5.77. The molecule has 0 fully saturated rings. The molecule has 0 heterocycles. The Morgan fingerprint density at radius 2 is 1.10 bits per heavy atom. The zero-order chi connectivity index (χ0) is 31.5. The van der Waals surface area contributed by atoms with Crippen LogP contribution in [0, 0.1) is 0 Å². The molecular weight excluding hydrogens is 536 g/mol. The first-order valence-corrected chi connectivity index (χ1v) is 14.6. The Morgan fingerprint density at radius 3 is 1.56 bits per heavy atom. The molecule has 41 heavy (non-hydrogen) atoms. The predicted octanol–water partition coefficient (Wildman–Crippen LogP) is 1.95.